The first kappa shape index (κ1) is 11.0. The van der Waals surface area contributed by atoms with Gasteiger partial charge in [-0.3, -0.25) is 9.78 Å². The molecule has 0 bridgehead atoms. The highest BCUT2D eigenvalue weighted by molar-refractivity contribution is 6.50. The van der Waals surface area contributed by atoms with Crippen molar-refractivity contribution in [1.29, 1.82) is 0 Å². The summed E-state index contributed by atoms with van der Waals surface area (Å²) in [6.45, 7) is 0. The summed E-state index contributed by atoms with van der Waals surface area (Å²) in [7, 11) is 0. The molecule has 0 fully saturated rings. The maximum atomic E-state index is 12.0. The first-order valence-corrected chi connectivity index (χ1v) is 5.06. The number of carbonyl (C=O) groups is 1. The van der Waals surface area contributed by atoms with Gasteiger partial charge in [-0.1, -0.05) is 41.6 Å². The van der Waals surface area contributed by atoms with E-state index in [1.54, 1.807) is 48.7 Å². The van der Waals surface area contributed by atoms with Crippen molar-refractivity contribution in [1.82, 2.24) is 4.98 Å². The number of ketones is 1. The van der Waals surface area contributed by atoms with Crippen molar-refractivity contribution < 1.29 is 10.0 Å². The van der Waals surface area contributed by atoms with Crippen LogP contribution in [0.15, 0.2) is 59.9 Å². The zero-order chi connectivity index (χ0) is 12.1. The fourth-order valence-electron chi connectivity index (χ4n) is 1.44. The predicted octanol–water partition coefficient (Wildman–Crippen LogP) is 2.14. The molecule has 0 aliphatic heterocycles. The van der Waals surface area contributed by atoms with Gasteiger partial charge in [0.2, 0.25) is 5.78 Å². The summed E-state index contributed by atoms with van der Waals surface area (Å²) in [5.41, 5.74) is 0.756. The third kappa shape index (κ3) is 2.36. The lowest BCUT2D eigenvalue weighted by Gasteiger charge is -2.02. The predicted molar refractivity (Wildman–Crippen MR) is 63.3 cm³/mol. The Morgan fingerprint density at radius 3 is 2.35 bits per heavy atom. The van der Waals surface area contributed by atoms with E-state index in [9.17, 15) is 4.79 Å². The van der Waals surface area contributed by atoms with E-state index in [0.29, 0.717) is 11.3 Å². The van der Waals surface area contributed by atoms with Gasteiger partial charge in [-0.05, 0) is 12.1 Å². The van der Waals surface area contributed by atoms with E-state index in [0.717, 1.165) is 0 Å². The molecule has 1 N–H and O–H groups in total. The van der Waals surface area contributed by atoms with E-state index in [1.165, 1.54) is 0 Å². The van der Waals surface area contributed by atoms with Crippen molar-refractivity contribution in [2.24, 2.45) is 5.16 Å². The average molecular weight is 226 g/mol. The molecule has 1 heterocycles. The molecule has 0 amide bonds. The van der Waals surface area contributed by atoms with Gasteiger partial charge in [0, 0.05) is 11.8 Å². The first-order valence-electron chi connectivity index (χ1n) is 5.06. The molecule has 0 aliphatic rings. The van der Waals surface area contributed by atoms with Gasteiger partial charge >= 0.3 is 0 Å². The van der Waals surface area contributed by atoms with Gasteiger partial charge in [0.25, 0.3) is 0 Å². The van der Waals surface area contributed by atoms with E-state index >= 15 is 0 Å². The second kappa shape index (κ2) is 5.03. The van der Waals surface area contributed by atoms with Crippen LogP contribution in [0.25, 0.3) is 0 Å². The van der Waals surface area contributed by atoms with E-state index in [4.69, 9.17) is 5.21 Å². The number of hydrogen-bond acceptors (Lipinski definition) is 4. The number of hydrogen-bond donors (Lipinski definition) is 1. The standard InChI is InChI=1S/C13H10N2O2/c16-13(10-6-2-1-3-7-10)12(15-17)11-8-4-5-9-14-11/h1-9,17H/b15-12-. The molecule has 0 saturated heterocycles. The second-order valence-electron chi connectivity index (χ2n) is 3.36. The molecular weight excluding hydrogens is 216 g/mol. The Bertz CT molecular complexity index is 536. The molecule has 17 heavy (non-hydrogen) atoms. The lowest BCUT2D eigenvalue weighted by molar-refractivity contribution is 0.106. The third-order valence-electron chi connectivity index (χ3n) is 2.26. The molecular formula is C13H10N2O2. The fourth-order valence-corrected chi connectivity index (χ4v) is 1.44. The average Bonchev–Trinajstić information content (AvgIpc) is 2.42. The maximum Gasteiger partial charge on any atom is 0.216 e. The van der Waals surface area contributed by atoms with Gasteiger partial charge in [-0.15, -0.1) is 0 Å². The van der Waals surface area contributed by atoms with Crippen molar-refractivity contribution in [3.05, 3.63) is 66.0 Å². The smallest absolute Gasteiger partial charge is 0.216 e. The van der Waals surface area contributed by atoms with Gasteiger partial charge in [0.05, 0.1) is 5.69 Å². The lowest BCUT2D eigenvalue weighted by Crippen LogP contribution is -2.17. The molecule has 4 nitrogen and oxygen atoms in total. The Morgan fingerprint density at radius 1 is 1.06 bits per heavy atom. The number of carbonyl (C=O) groups excluding carboxylic acids is 1. The third-order valence-corrected chi connectivity index (χ3v) is 2.26. The Kier molecular flexibility index (Phi) is 3.25. The second-order valence-corrected chi connectivity index (χ2v) is 3.36. The molecule has 0 aliphatic carbocycles. The molecule has 0 spiro atoms. The number of pyridine rings is 1. The van der Waals surface area contributed by atoms with E-state index in [1.807, 2.05) is 6.07 Å². The number of aromatic nitrogens is 1. The minimum atomic E-state index is -0.355. The van der Waals surface area contributed by atoms with Crippen LogP contribution in [-0.4, -0.2) is 21.7 Å². The number of Topliss-reactive ketones (excluding diaryl/α,β-unsaturated/α-hetero) is 1. The summed E-state index contributed by atoms with van der Waals surface area (Å²) in [4.78, 5) is 16.0. The SMILES string of the molecule is O=C(/C(=N\O)c1ccccn1)c1ccccc1. The summed E-state index contributed by atoms with van der Waals surface area (Å²) in [5.74, 6) is -0.355. The highest BCUT2D eigenvalue weighted by Crippen LogP contribution is 2.06. The molecule has 1 aromatic carbocycles. The van der Waals surface area contributed by atoms with Crippen LogP contribution in [-0.2, 0) is 0 Å². The zero-order valence-electron chi connectivity index (χ0n) is 8.95. The van der Waals surface area contributed by atoms with Gasteiger partial charge in [0.1, 0.15) is 0 Å². The number of rotatable bonds is 3. The van der Waals surface area contributed by atoms with Crippen LogP contribution in [0.2, 0.25) is 0 Å². The maximum absolute atomic E-state index is 12.0. The monoisotopic (exact) mass is 226 g/mol. The molecule has 0 unspecified atom stereocenters. The van der Waals surface area contributed by atoms with Crippen molar-refractivity contribution in [2.45, 2.75) is 0 Å². The van der Waals surface area contributed by atoms with Crippen LogP contribution < -0.4 is 0 Å². The van der Waals surface area contributed by atoms with Crippen LogP contribution in [0.3, 0.4) is 0 Å². The minimum Gasteiger partial charge on any atom is -0.410 e. The van der Waals surface area contributed by atoms with Crippen LogP contribution >= 0.6 is 0 Å². The van der Waals surface area contributed by atoms with Crippen molar-refractivity contribution in [3.8, 4) is 0 Å². The lowest BCUT2D eigenvalue weighted by atomic mass is 10.0. The summed E-state index contributed by atoms with van der Waals surface area (Å²) >= 11 is 0. The van der Waals surface area contributed by atoms with Gasteiger partial charge in [-0.2, -0.15) is 0 Å². The van der Waals surface area contributed by atoms with Crippen molar-refractivity contribution in [2.75, 3.05) is 0 Å². The van der Waals surface area contributed by atoms with E-state index < -0.39 is 0 Å². The van der Waals surface area contributed by atoms with Gasteiger partial charge in [-0.25, -0.2) is 0 Å². The number of nitrogens with zero attached hydrogens (tertiary/aromatic N) is 2. The van der Waals surface area contributed by atoms with Crippen molar-refractivity contribution in [3.63, 3.8) is 0 Å². The Hall–Kier alpha value is -2.49. The molecule has 0 radical (unpaired) electrons. The quantitative estimate of drug-likeness (QED) is 0.377. The van der Waals surface area contributed by atoms with E-state index in [-0.39, 0.29) is 11.5 Å². The normalized spacial score (nSPS) is 11.2. The summed E-state index contributed by atoms with van der Waals surface area (Å²) in [6, 6.07) is 13.7. The van der Waals surface area contributed by atoms with Gasteiger partial charge in [0.15, 0.2) is 5.71 Å². The molecule has 4 heteroatoms. The Morgan fingerprint density at radius 2 is 1.76 bits per heavy atom. The molecule has 0 atom stereocenters. The molecule has 2 aromatic rings. The minimum absolute atomic E-state index is 0.0585. The van der Waals surface area contributed by atoms with Crippen LogP contribution in [0.1, 0.15) is 16.1 Å². The molecule has 1 aromatic heterocycles. The molecule has 84 valence electrons. The highest BCUT2D eigenvalue weighted by atomic mass is 16.4. The summed E-state index contributed by atoms with van der Waals surface area (Å²) in [5, 5.41) is 12.0. The van der Waals surface area contributed by atoms with Crippen LogP contribution in [0, 0.1) is 0 Å². The zero-order valence-corrected chi connectivity index (χ0v) is 8.95. The number of oxime groups is 1. The molecule has 0 saturated carbocycles. The van der Waals surface area contributed by atoms with E-state index in [2.05, 4.69) is 10.1 Å². The molecule has 2 rings (SSSR count). The Labute approximate surface area is 98.2 Å². The summed E-state index contributed by atoms with van der Waals surface area (Å²) in [6.07, 6.45) is 1.54. The summed E-state index contributed by atoms with van der Waals surface area (Å²) < 4.78 is 0. The Balaban J connectivity index is 2.37. The highest BCUT2D eigenvalue weighted by Gasteiger charge is 2.17. The van der Waals surface area contributed by atoms with Crippen LogP contribution in [0.5, 0.6) is 0 Å². The van der Waals surface area contributed by atoms with Gasteiger partial charge < -0.3 is 5.21 Å². The fraction of sp³-hybridized carbons (Fsp3) is 0. The topological polar surface area (TPSA) is 62.5 Å². The largest absolute Gasteiger partial charge is 0.410 e. The first-order chi connectivity index (χ1) is 8.33. The number of benzene rings is 1. The van der Waals surface area contributed by atoms with Crippen LogP contribution in [0.4, 0.5) is 0 Å². The van der Waals surface area contributed by atoms with Crippen molar-refractivity contribution >= 4 is 11.5 Å².